The van der Waals surface area contributed by atoms with E-state index in [0.29, 0.717) is 52.7 Å². The van der Waals surface area contributed by atoms with Gasteiger partial charge in [-0.2, -0.15) is 0 Å². The van der Waals surface area contributed by atoms with Gasteiger partial charge in [0.1, 0.15) is 12.3 Å². The monoisotopic (exact) mass is 461 g/mol. The summed E-state index contributed by atoms with van der Waals surface area (Å²) in [4.78, 5) is 4.65. The molecule has 1 heterocycles. The Bertz CT molecular complexity index is 1240. The molecule has 0 radical (unpaired) electrons. The number of benzene rings is 3. The van der Waals surface area contributed by atoms with Crippen LogP contribution in [0.1, 0.15) is 11.5 Å². The number of nitrogens with zero attached hydrogens (tertiary/aromatic N) is 1. The van der Waals surface area contributed by atoms with Gasteiger partial charge >= 0.3 is 0 Å². The predicted octanol–water partition coefficient (Wildman–Crippen LogP) is 5.93. The van der Waals surface area contributed by atoms with Crippen molar-refractivity contribution in [2.45, 2.75) is 13.5 Å². The van der Waals surface area contributed by atoms with Crippen molar-refractivity contribution in [3.63, 3.8) is 0 Å². The Morgan fingerprint density at radius 2 is 1.35 bits per heavy atom. The summed E-state index contributed by atoms with van der Waals surface area (Å²) in [6.45, 7) is 2.22. The van der Waals surface area contributed by atoms with Crippen molar-refractivity contribution in [1.82, 2.24) is 4.98 Å². The minimum Gasteiger partial charge on any atom is -0.493 e. The third kappa shape index (κ3) is 4.64. The molecule has 0 unspecified atom stereocenters. The van der Waals surface area contributed by atoms with Crippen LogP contribution in [0.25, 0.3) is 22.6 Å². The number of methoxy groups -OCH3 is 4. The largest absolute Gasteiger partial charge is 0.493 e. The molecule has 0 bridgehead atoms. The summed E-state index contributed by atoms with van der Waals surface area (Å²) in [6.07, 6.45) is 0. The molecule has 0 saturated carbocycles. The van der Waals surface area contributed by atoms with Crippen molar-refractivity contribution in [3.8, 4) is 51.3 Å². The molecule has 176 valence electrons. The number of rotatable bonds is 9. The standard InChI is InChI=1S/C27H27NO6/c1-17-28-25(26(34-17)20-14-23(30-3)27(32-5)24(15-20)31-4)19-11-12-21(29-2)22(13-19)33-16-18-9-7-6-8-10-18/h6-15H,16H2,1-5H3. The third-order valence-electron chi connectivity index (χ3n) is 5.34. The highest BCUT2D eigenvalue weighted by Gasteiger charge is 2.21. The lowest BCUT2D eigenvalue weighted by atomic mass is 10.0. The third-order valence-corrected chi connectivity index (χ3v) is 5.34. The van der Waals surface area contributed by atoms with E-state index in [1.165, 1.54) is 0 Å². The minimum atomic E-state index is 0.415. The maximum Gasteiger partial charge on any atom is 0.203 e. The molecule has 4 rings (SSSR count). The summed E-state index contributed by atoms with van der Waals surface area (Å²) in [7, 11) is 6.34. The van der Waals surface area contributed by atoms with Crippen LogP contribution in [0.4, 0.5) is 0 Å². The number of ether oxygens (including phenoxy) is 5. The van der Waals surface area contributed by atoms with Crippen molar-refractivity contribution in [2.24, 2.45) is 0 Å². The zero-order valence-electron chi connectivity index (χ0n) is 19.9. The van der Waals surface area contributed by atoms with Crippen LogP contribution in [0.5, 0.6) is 28.7 Å². The first-order valence-corrected chi connectivity index (χ1v) is 10.7. The molecule has 0 saturated heterocycles. The van der Waals surface area contributed by atoms with Crippen LogP contribution in [-0.4, -0.2) is 33.4 Å². The summed E-state index contributed by atoms with van der Waals surface area (Å²) in [5.74, 6) is 3.91. The Morgan fingerprint density at radius 1 is 0.706 bits per heavy atom. The Kier molecular flexibility index (Phi) is 6.92. The Labute approximate surface area is 198 Å². The fraction of sp³-hybridized carbons (Fsp3) is 0.222. The van der Waals surface area contributed by atoms with E-state index in [2.05, 4.69) is 4.98 Å². The molecule has 0 aliphatic carbocycles. The summed E-state index contributed by atoms with van der Waals surface area (Å²) >= 11 is 0. The Balaban J connectivity index is 1.76. The molecule has 0 N–H and O–H groups in total. The zero-order chi connectivity index (χ0) is 24.1. The average molecular weight is 462 g/mol. The van der Waals surface area contributed by atoms with Gasteiger partial charge in [-0.1, -0.05) is 30.3 Å². The minimum absolute atomic E-state index is 0.415. The highest BCUT2D eigenvalue weighted by Crippen LogP contribution is 2.44. The van der Waals surface area contributed by atoms with E-state index in [0.717, 1.165) is 16.7 Å². The quantitative estimate of drug-likeness (QED) is 0.306. The first-order chi connectivity index (χ1) is 16.6. The zero-order valence-corrected chi connectivity index (χ0v) is 19.9. The van der Waals surface area contributed by atoms with Gasteiger partial charge in [0.05, 0.1) is 28.4 Å². The van der Waals surface area contributed by atoms with Gasteiger partial charge in [0, 0.05) is 18.1 Å². The number of oxazole rings is 1. The van der Waals surface area contributed by atoms with Crippen LogP contribution in [-0.2, 0) is 6.61 Å². The van der Waals surface area contributed by atoms with E-state index < -0.39 is 0 Å². The molecule has 0 aliphatic heterocycles. The van der Waals surface area contributed by atoms with Crippen LogP contribution < -0.4 is 23.7 Å². The van der Waals surface area contributed by atoms with Crippen molar-refractivity contribution < 1.29 is 28.1 Å². The van der Waals surface area contributed by atoms with Gasteiger partial charge in [0.2, 0.25) is 5.75 Å². The van der Waals surface area contributed by atoms with Crippen LogP contribution in [0.3, 0.4) is 0 Å². The van der Waals surface area contributed by atoms with Gasteiger partial charge in [0.25, 0.3) is 0 Å². The topological polar surface area (TPSA) is 72.2 Å². The summed E-state index contributed by atoms with van der Waals surface area (Å²) in [5, 5.41) is 0. The molecule has 0 atom stereocenters. The van der Waals surface area contributed by atoms with E-state index in [1.54, 1.807) is 35.4 Å². The fourth-order valence-electron chi connectivity index (χ4n) is 3.70. The first kappa shape index (κ1) is 23.0. The molecule has 0 fully saturated rings. The lowest BCUT2D eigenvalue weighted by Gasteiger charge is -2.14. The Hall–Kier alpha value is -4.13. The first-order valence-electron chi connectivity index (χ1n) is 10.7. The van der Waals surface area contributed by atoms with Crippen molar-refractivity contribution in [3.05, 3.63) is 72.1 Å². The molecule has 0 aliphatic rings. The molecule has 0 spiro atoms. The van der Waals surface area contributed by atoms with Crippen molar-refractivity contribution in [1.29, 1.82) is 0 Å². The van der Waals surface area contributed by atoms with E-state index >= 15 is 0 Å². The smallest absolute Gasteiger partial charge is 0.203 e. The van der Waals surface area contributed by atoms with Gasteiger partial charge < -0.3 is 28.1 Å². The number of hydrogen-bond acceptors (Lipinski definition) is 7. The predicted molar refractivity (Wildman–Crippen MR) is 129 cm³/mol. The fourth-order valence-corrected chi connectivity index (χ4v) is 3.70. The maximum absolute atomic E-state index is 6.09. The number of aromatic nitrogens is 1. The van der Waals surface area contributed by atoms with Gasteiger partial charge in [-0.05, 0) is 35.9 Å². The Morgan fingerprint density at radius 3 is 1.97 bits per heavy atom. The molecule has 1 aromatic heterocycles. The number of hydrogen-bond donors (Lipinski definition) is 0. The highest BCUT2D eigenvalue weighted by molar-refractivity contribution is 5.80. The van der Waals surface area contributed by atoms with Crippen molar-refractivity contribution >= 4 is 0 Å². The molecule has 4 aromatic rings. The molecule has 7 heteroatoms. The lowest BCUT2D eigenvalue weighted by Crippen LogP contribution is -1.98. The molecule has 0 amide bonds. The summed E-state index contributed by atoms with van der Waals surface area (Å²) in [5.41, 5.74) is 3.29. The second kappa shape index (κ2) is 10.2. The van der Waals surface area contributed by atoms with Crippen LogP contribution in [0, 0.1) is 6.92 Å². The molecule has 7 nitrogen and oxygen atoms in total. The normalized spacial score (nSPS) is 10.6. The van der Waals surface area contributed by atoms with Gasteiger partial charge in [-0.15, -0.1) is 0 Å². The van der Waals surface area contributed by atoms with E-state index in [-0.39, 0.29) is 0 Å². The molecule has 3 aromatic carbocycles. The summed E-state index contributed by atoms with van der Waals surface area (Å²) < 4.78 is 34.1. The maximum atomic E-state index is 6.09. The summed E-state index contributed by atoms with van der Waals surface area (Å²) in [6, 6.07) is 19.3. The lowest BCUT2D eigenvalue weighted by molar-refractivity contribution is 0.284. The number of aryl methyl sites for hydroxylation is 1. The molecular formula is C27H27NO6. The van der Waals surface area contributed by atoms with Gasteiger partial charge in [-0.3, -0.25) is 0 Å². The average Bonchev–Trinajstić information content (AvgIpc) is 3.28. The molecule has 34 heavy (non-hydrogen) atoms. The van der Waals surface area contributed by atoms with E-state index in [1.807, 2.05) is 60.7 Å². The second-order valence-electron chi connectivity index (χ2n) is 7.46. The van der Waals surface area contributed by atoms with Gasteiger partial charge in [0.15, 0.2) is 34.6 Å². The van der Waals surface area contributed by atoms with Crippen LogP contribution in [0.2, 0.25) is 0 Å². The molecular weight excluding hydrogens is 434 g/mol. The van der Waals surface area contributed by atoms with Crippen LogP contribution >= 0.6 is 0 Å². The van der Waals surface area contributed by atoms with Crippen molar-refractivity contribution in [2.75, 3.05) is 28.4 Å². The SMILES string of the molecule is COc1ccc(-c2nc(C)oc2-c2cc(OC)c(OC)c(OC)c2)cc1OCc1ccccc1. The van der Waals surface area contributed by atoms with Crippen LogP contribution in [0.15, 0.2) is 65.1 Å². The van der Waals surface area contributed by atoms with E-state index in [4.69, 9.17) is 28.1 Å². The van der Waals surface area contributed by atoms with Gasteiger partial charge in [-0.25, -0.2) is 4.98 Å². The van der Waals surface area contributed by atoms with E-state index in [9.17, 15) is 0 Å². The highest BCUT2D eigenvalue weighted by atomic mass is 16.5. The second-order valence-corrected chi connectivity index (χ2v) is 7.46.